The second-order valence-electron chi connectivity index (χ2n) is 8.51. The molecule has 0 bridgehead atoms. The highest BCUT2D eigenvalue weighted by atomic mass is 32.1. The Morgan fingerprint density at radius 2 is 1.77 bits per heavy atom. The fourth-order valence-corrected chi connectivity index (χ4v) is 5.81. The summed E-state index contributed by atoms with van der Waals surface area (Å²) in [5.41, 5.74) is 5.53. The largest absolute Gasteiger partial charge is 0.272 e. The minimum Gasteiger partial charge on any atom is -0.272 e. The molecule has 0 spiro atoms. The molecule has 0 fully saturated rings. The number of halogens is 1. The number of thiazole rings is 1. The molecule has 1 atom stereocenters. The smallest absolute Gasteiger partial charge is 0.271 e. The van der Waals surface area contributed by atoms with Gasteiger partial charge in [0.1, 0.15) is 5.82 Å². The lowest BCUT2D eigenvalue weighted by Crippen LogP contribution is -2.38. The van der Waals surface area contributed by atoms with Gasteiger partial charge in [-0.15, -0.1) is 0 Å². The van der Waals surface area contributed by atoms with Crippen LogP contribution in [0.5, 0.6) is 0 Å². The molecule has 0 saturated heterocycles. The molecule has 0 radical (unpaired) electrons. The molecular formula is C27H18FN3O3S. The van der Waals surface area contributed by atoms with E-state index in [-0.39, 0.29) is 23.1 Å². The molecular weight excluding hydrogens is 465 g/mol. The molecule has 2 aliphatic rings. The average molecular weight is 484 g/mol. The number of allylic oxidation sites excluding steroid dienone is 1. The fraction of sp³-hybridized carbons (Fsp3) is 0.111. The molecule has 3 aromatic carbocycles. The molecule has 6 nitrogen and oxygen atoms in total. The number of aryl methyl sites for hydroxylation is 1. The Labute approximate surface area is 202 Å². The number of fused-ring (bicyclic) bond motifs is 3. The Bertz CT molecular complexity index is 1700. The van der Waals surface area contributed by atoms with Crippen LogP contribution < -0.4 is 14.9 Å². The summed E-state index contributed by atoms with van der Waals surface area (Å²) >= 11 is 1.29. The first kappa shape index (κ1) is 21.4. The third kappa shape index (κ3) is 3.63. The van der Waals surface area contributed by atoms with E-state index < -0.39 is 4.92 Å². The van der Waals surface area contributed by atoms with E-state index >= 15 is 0 Å². The van der Waals surface area contributed by atoms with Crippen LogP contribution in [0.2, 0.25) is 0 Å². The van der Waals surface area contributed by atoms with Crippen LogP contribution in [0, 0.1) is 15.9 Å². The van der Waals surface area contributed by atoms with Gasteiger partial charge in [-0.05, 0) is 65.4 Å². The van der Waals surface area contributed by atoms with E-state index in [9.17, 15) is 19.3 Å². The molecule has 1 aliphatic heterocycles. The first-order valence-corrected chi connectivity index (χ1v) is 11.9. The minimum atomic E-state index is -0.456. The SMILES string of the molecule is O=c1/c(=C\c2ccc([N+](=O)[O-])cc2)sc2n1[C@H](c1ccc(F)cc1)C1=C(N=2)c2ccccc2CC1. The second-order valence-corrected chi connectivity index (χ2v) is 9.52. The van der Waals surface area contributed by atoms with Crippen molar-refractivity contribution >= 4 is 28.8 Å². The number of non-ortho nitro benzene ring substituents is 1. The van der Waals surface area contributed by atoms with Crippen molar-refractivity contribution in [2.45, 2.75) is 18.9 Å². The van der Waals surface area contributed by atoms with E-state index in [4.69, 9.17) is 4.99 Å². The van der Waals surface area contributed by atoms with Crippen LogP contribution in [0.3, 0.4) is 0 Å². The number of rotatable bonds is 3. The van der Waals surface area contributed by atoms with E-state index in [0.29, 0.717) is 14.9 Å². The Kier molecular flexibility index (Phi) is 5.04. The molecule has 0 saturated carbocycles. The molecule has 8 heteroatoms. The summed E-state index contributed by atoms with van der Waals surface area (Å²) in [5, 5.41) is 11.0. The van der Waals surface area contributed by atoms with Crippen molar-refractivity contribution in [1.29, 1.82) is 0 Å². The lowest BCUT2D eigenvalue weighted by molar-refractivity contribution is -0.384. The Hall–Kier alpha value is -4.17. The monoisotopic (exact) mass is 483 g/mol. The van der Waals surface area contributed by atoms with Crippen LogP contribution in [-0.2, 0) is 6.42 Å². The highest BCUT2D eigenvalue weighted by Crippen LogP contribution is 2.41. The molecule has 2 heterocycles. The van der Waals surface area contributed by atoms with E-state index in [1.165, 1.54) is 41.2 Å². The predicted molar refractivity (Wildman–Crippen MR) is 132 cm³/mol. The number of aromatic nitrogens is 1. The normalized spacial score (nSPS) is 16.8. The highest BCUT2D eigenvalue weighted by molar-refractivity contribution is 7.07. The van der Waals surface area contributed by atoms with Gasteiger partial charge in [-0.25, -0.2) is 9.38 Å². The summed E-state index contributed by atoms with van der Waals surface area (Å²) in [6.07, 6.45) is 3.32. The molecule has 6 rings (SSSR count). The van der Waals surface area contributed by atoms with Crippen molar-refractivity contribution in [3.63, 3.8) is 0 Å². The maximum atomic E-state index is 13.7. The number of nitro groups is 1. The number of hydrogen-bond donors (Lipinski definition) is 0. The van der Waals surface area contributed by atoms with E-state index in [1.54, 1.807) is 34.9 Å². The van der Waals surface area contributed by atoms with Crippen molar-refractivity contribution in [1.82, 2.24) is 4.57 Å². The summed E-state index contributed by atoms with van der Waals surface area (Å²) in [6.45, 7) is 0. The Morgan fingerprint density at radius 3 is 2.51 bits per heavy atom. The van der Waals surface area contributed by atoms with Crippen LogP contribution in [0.1, 0.15) is 34.7 Å². The van der Waals surface area contributed by atoms with Crippen molar-refractivity contribution in [3.05, 3.63) is 136 Å². The average Bonchev–Trinajstić information content (AvgIpc) is 3.18. The van der Waals surface area contributed by atoms with Crippen molar-refractivity contribution in [2.75, 3.05) is 0 Å². The van der Waals surface area contributed by atoms with Gasteiger partial charge in [0.25, 0.3) is 11.2 Å². The zero-order valence-corrected chi connectivity index (χ0v) is 19.2. The van der Waals surface area contributed by atoms with Crippen LogP contribution in [0.25, 0.3) is 11.8 Å². The fourth-order valence-electron chi connectivity index (χ4n) is 4.81. The molecule has 0 N–H and O–H groups in total. The molecule has 1 aromatic heterocycles. The van der Waals surface area contributed by atoms with Gasteiger partial charge in [-0.2, -0.15) is 0 Å². The zero-order chi connectivity index (χ0) is 24.1. The van der Waals surface area contributed by atoms with Gasteiger partial charge in [0.05, 0.1) is 21.2 Å². The predicted octanol–water partition coefficient (Wildman–Crippen LogP) is 4.37. The summed E-state index contributed by atoms with van der Waals surface area (Å²) in [5.74, 6) is -0.331. The van der Waals surface area contributed by atoms with E-state index in [2.05, 4.69) is 12.1 Å². The number of nitrogens with zero attached hydrogens (tertiary/aromatic N) is 3. The Balaban J connectivity index is 1.57. The second kappa shape index (κ2) is 8.25. The number of hydrogen-bond acceptors (Lipinski definition) is 5. The van der Waals surface area contributed by atoms with Crippen LogP contribution in [0.15, 0.2) is 88.2 Å². The van der Waals surface area contributed by atoms with Crippen molar-refractivity contribution in [2.24, 2.45) is 4.99 Å². The van der Waals surface area contributed by atoms with Crippen molar-refractivity contribution in [3.8, 4) is 0 Å². The van der Waals surface area contributed by atoms with Crippen LogP contribution in [-0.4, -0.2) is 9.49 Å². The highest BCUT2D eigenvalue weighted by Gasteiger charge is 2.32. The van der Waals surface area contributed by atoms with Crippen molar-refractivity contribution < 1.29 is 9.31 Å². The maximum Gasteiger partial charge on any atom is 0.271 e. The van der Waals surface area contributed by atoms with Gasteiger partial charge in [-0.3, -0.25) is 19.5 Å². The molecule has 1 aliphatic carbocycles. The maximum absolute atomic E-state index is 13.7. The Morgan fingerprint density at radius 1 is 1.03 bits per heavy atom. The molecule has 4 aromatic rings. The summed E-state index contributed by atoms with van der Waals surface area (Å²) in [7, 11) is 0. The third-order valence-corrected chi connectivity index (χ3v) is 7.44. The minimum absolute atomic E-state index is 0.00809. The first-order chi connectivity index (χ1) is 17.0. The first-order valence-electron chi connectivity index (χ1n) is 11.1. The van der Waals surface area contributed by atoms with E-state index in [1.807, 2.05) is 12.1 Å². The van der Waals surface area contributed by atoms with E-state index in [0.717, 1.165) is 35.2 Å². The van der Waals surface area contributed by atoms with Crippen LogP contribution >= 0.6 is 11.3 Å². The summed E-state index contributed by atoms with van der Waals surface area (Å²) in [6, 6.07) is 20.1. The van der Waals surface area contributed by atoms with Gasteiger partial charge in [0.15, 0.2) is 4.80 Å². The number of benzene rings is 3. The van der Waals surface area contributed by atoms with Gasteiger partial charge < -0.3 is 0 Å². The third-order valence-electron chi connectivity index (χ3n) is 6.46. The molecule has 35 heavy (non-hydrogen) atoms. The van der Waals surface area contributed by atoms with Gasteiger partial charge in [0, 0.05) is 17.7 Å². The van der Waals surface area contributed by atoms with Gasteiger partial charge in [0.2, 0.25) is 0 Å². The van der Waals surface area contributed by atoms with Gasteiger partial charge in [-0.1, -0.05) is 47.7 Å². The topological polar surface area (TPSA) is 77.5 Å². The lowest BCUT2D eigenvalue weighted by atomic mass is 9.83. The zero-order valence-electron chi connectivity index (χ0n) is 18.3. The number of nitro benzene ring substituents is 1. The standard InChI is InChI=1S/C27H18FN3O3S/c28-19-10-7-18(8-11-19)25-22-14-9-17-3-1-2-4-21(17)24(22)29-27-30(25)26(32)23(35-27)15-16-5-12-20(13-6-16)31(33)34/h1-8,10-13,15,25H,9,14H2/b23-15+/t25-/m1/s1. The van der Waals surface area contributed by atoms with Gasteiger partial charge >= 0.3 is 0 Å². The molecule has 172 valence electrons. The molecule has 0 unspecified atom stereocenters. The van der Waals surface area contributed by atoms with Crippen LogP contribution in [0.4, 0.5) is 10.1 Å². The molecule has 0 amide bonds. The summed E-state index contributed by atoms with van der Waals surface area (Å²) in [4.78, 5) is 29.7. The lowest BCUT2D eigenvalue weighted by Gasteiger charge is -2.30. The quantitative estimate of drug-likeness (QED) is 0.321. The summed E-state index contributed by atoms with van der Waals surface area (Å²) < 4.78 is 15.9.